The summed E-state index contributed by atoms with van der Waals surface area (Å²) in [5.41, 5.74) is 1.21. The van der Waals surface area contributed by atoms with Crippen molar-refractivity contribution in [2.45, 2.75) is 6.42 Å². The largest absolute Gasteiger partial charge is 0.240 e. The average Bonchev–Trinajstić information content (AvgIpc) is 2.11. The molecule has 0 saturated heterocycles. The quantitative estimate of drug-likeness (QED) is 0.586. The second kappa shape index (κ2) is 4.56. The molecule has 0 aliphatic carbocycles. The minimum Gasteiger partial charge on any atom is -0.211 e. The highest BCUT2D eigenvalue weighted by Gasteiger charge is 2.04. The van der Waals surface area contributed by atoms with E-state index < -0.39 is 0 Å². The summed E-state index contributed by atoms with van der Waals surface area (Å²) in [6.45, 7) is 0. The fraction of sp³-hybridized carbons (Fsp3) is 0.111. The topological polar surface area (TPSA) is 53.2 Å². The summed E-state index contributed by atoms with van der Waals surface area (Å²) < 4.78 is 0.698. The van der Waals surface area contributed by atoms with Gasteiger partial charge in [-0.1, -0.05) is 12.1 Å². The van der Waals surface area contributed by atoms with E-state index in [9.17, 15) is 4.79 Å². The van der Waals surface area contributed by atoms with Crippen LogP contribution in [0.5, 0.6) is 0 Å². The van der Waals surface area contributed by atoms with Gasteiger partial charge in [0.25, 0.3) is 0 Å². The molecule has 0 atom stereocenters. The van der Waals surface area contributed by atoms with Gasteiger partial charge >= 0.3 is 0 Å². The Bertz CT molecular complexity index is 403. The molecule has 0 spiro atoms. The summed E-state index contributed by atoms with van der Waals surface area (Å²) >= 11 is 3.24. The zero-order valence-electron chi connectivity index (χ0n) is 6.62. The maximum Gasteiger partial charge on any atom is 0.240 e. The third-order valence-electron chi connectivity index (χ3n) is 1.50. The molecular formula is C9H5BrN2O. The Morgan fingerprint density at radius 1 is 1.54 bits per heavy atom. The van der Waals surface area contributed by atoms with E-state index >= 15 is 0 Å². The van der Waals surface area contributed by atoms with Crippen LogP contribution in [0.15, 0.2) is 27.7 Å². The minimum atomic E-state index is 0.236. The number of halogens is 1. The Hall–Kier alpha value is -1.43. The molecule has 1 aromatic carbocycles. The van der Waals surface area contributed by atoms with Crippen molar-refractivity contribution in [1.29, 1.82) is 5.26 Å². The van der Waals surface area contributed by atoms with Crippen molar-refractivity contribution >= 4 is 27.7 Å². The molecule has 3 nitrogen and oxygen atoms in total. The predicted octanol–water partition coefficient (Wildman–Crippen LogP) is 2.48. The van der Waals surface area contributed by atoms with Crippen LogP contribution in [0.3, 0.4) is 0 Å². The lowest BCUT2D eigenvalue weighted by Crippen LogP contribution is -1.83. The van der Waals surface area contributed by atoms with Gasteiger partial charge < -0.3 is 0 Å². The third-order valence-corrected chi connectivity index (χ3v) is 2.14. The summed E-state index contributed by atoms with van der Waals surface area (Å²) in [5, 5.41) is 8.50. The van der Waals surface area contributed by atoms with Crippen LogP contribution in [0, 0.1) is 11.3 Å². The van der Waals surface area contributed by atoms with Crippen molar-refractivity contribution < 1.29 is 4.79 Å². The van der Waals surface area contributed by atoms with Gasteiger partial charge in [0.1, 0.15) is 0 Å². The fourth-order valence-corrected chi connectivity index (χ4v) is 1.45. The van der Waals surface area contributed by atoms with Crippen LogP contribution >= 0.6 is 15.9 Å². The maximum absolute atomic E-state index is 10.1. The van der Waals surface area contributed by atoms with Crippen molar-refractivity contribution in [3.8, 4) is 6.07 Å². The lowest BCUT2D eigenvalue weighted by Gasteiger charge is -2.00. The molecular weight excluding hydrogens is 232 g/mol. The predicted molar refractivity (Wildman–Crippen MR) is 51.2 cm³/mol. The number of hydrogen-bond donors (Lipinski definition) is 0. The molecule has 64 valence electrons. The SMILES string of the molecule is N#CCc1cccc(Br)c1N=C=O. The first kappa shape index (κ1) is 9.66. The Morgan fingerprint density at radius 3 is 2.92 bits per heavy atom. The monoisotopic (exact) mass is 236 g/mol. The molecule has 0 N–H and O–H groups in total. The molecule has 13 heavy (non-hydrogen) atoms. The second-order valence-corrected chi connectivity index (χ2v) is 3.14. The summed E-state index contributed by atoms with van der Waals surface area (Å²) in [4.78, 5) is 13.6. The molecule has 0 fully saturated rings. The van der Waals surface area contributed by atoms with E-state index in [0.717, 1.165) is 5.56 Å². The highest BCUT2D eigenvalue weighted by atomic mass is 79.9. The van der Waals surface area contributed by atoms with E-state index in [4.69, 9.17) is 5.26 Å². The van der Waals surface area contributed by atoms with Crippen molar-refractivity contribution in [2.75, 3.05) is 0 Å². The average molecular weight is 237 g/mol. The maximum atomic E-state index is 10.1. The molecule has 0 aliphatic heterocycles. The first-order chi connectivity index (χ1) is 6.29. The highest BCUT2D eigenvalue weighted by Crippen LogP contribution is 2.28. The number of para-hydroxylation sites is 1. The number of nitrogens with zero attached hydrogens (tertiary/aromatic N) is 2. The van der Waals surface area contributed by atoms with Gasteiger partial charge in [0.05, 0.1) is 18.2 Å². The molecule has 0 amide bonds. The minimum absolute atomic E-state index is 0.236. The van der Waals surface area contributed by atoms with Crippen LogP contribution in [-0.4, -0.2) is 6.08 Å². The van der Waals surface area contributed by atoms with Crippen LogP contribution in [-0.2, 0) is 11.2 Å². The van der Waals surface area contributed by atoms with Gasteiger partial charge in [0.15, 0.2) is 0 Å². The Morgan fingerprint density at radius 2 is 2.31 bits per heavy atom. The molecule has 4 heteroatoms. The van der Waals surface area contributed by atoms with Gasteiger partial charge in [-0.05, 0) is 27.6 Å². The van der Waals surface area contributed by atoms with E-state index in [1.807, 2.05) is 6.07 Å². The summed E-state index contributed by atoms with van der Waals surface area (Å²) in [7, 11) is 0. The van der Waals surface area contributed by atoms with Crippen LogP contribution in [0.25, 0.3) is 0 Å². The van der Waals surface area contributed by atoms with Gasteiger partial charge in [-0.15, -0.1) is 0 Å². The van der Waals surface area contributed by atoms with E-state index in [2.05, 4.69) is 20.9 Å². The Balaban J connectivity index is 3.26. The third kappa shape index (κ3) is 2.25. The molecule has 0 aromatic heterocycles. The lowest BCUT2D eigenvalue weighted by molar-refractivity contribution is 0.565. The molecule has 1 aromatic rings. The number of isocyanates is 1. The van der Waals surface area contributed by atoms with Crippen LogP contribution in [0.2, 0.25) is 0 Å². The van der Waals surface area contributed by atoms with Gasteiger partial charge in [-0.2, -0.15) is 10.3 Å². The van der Waals surface area contributed by atoms with Crippen LogP contribution in [0.1, 0.15) is 5.56 Å². The smallest absolute Gasteiger partial charge is 0.211 e. The van der Waals surface area contributed by atoms with Crippen molar-refractivity contribution in [1.82, 2.24) is 0 Å². The second-order valence-electron chi connectivity index (χ2n) is 2.29. The standard InChI is InChI=1S/C9H5BrN2O/c10-8-3-1-2-7(4-5-11)9(8)12-6-13/h1-3H,4H2. The van der Waals surface area contributed by atoms with Crippen molar-refractivity contribution in [2.24, 2.45) is 4.99 Å². The fourth-order valence-electron chi connectivity index (χ4n) is 0.959. The molecule has 0 heterocycles. The molecule has 0 bridgehead atoms. The van der Waals surface area contributed by atoms with Crippen molar-refractivity contribution in [3.05, 3.63) is 28.2 Å². The van der Waals surface area contributed by atoms with Gasteiger partial charge in [0.2, 0.25) is 6.08 Å². The number of carbonyl (C=O) groups excluding carboxylic acids is 1. The normalized spacial score (nSPS) is 8.62. The van der Waals surface area contributed by atoms with E-state index in [0.29, 0.717) is 10.2 Å². The molecule has 0 aliphatic rings. The Kier molecular flexibility index (Phi) is 3.39. The molecule has 0 radical (unpaired) electrons. The first-order valence-electron chi connectivity index (χ1n) is 3.52. The molecule has 0 unspecified atom stereocenters. The zero-order valence-corrected chi connectivity index (χ0v) is 8.21. The number of benzene rings is 1. The van der Waals surface area contributed by atoms with Crippen LogP contribution < -0.4 is 0 Å². The van der Waals surface area contributed by atoms with Gasteiger partial charge in [0, 0.05) is 4.47 Å². The van der Waals surface area contributed by atoms with E-state index in [1.54, 1.807) is 18.2 Å². The summed E-state index contributed by atoms with van der Waals surface area (Å²) in [6.07, 6.45) is 1.70. The number of hydrogen-bond acceptors (Lipinski definition) is 3. The number of aliphatic imine (C=N–C) groups is 1. The van der Waals surface area contributed by atoms with Crippen LogP contribution in [0.4, 0.5) is 5.69 Å². The first-order valence-corrected chi connectivity index (χ1v) is 4.31. The van der Waals surface area contributed by atoms with Gasteiger partial charge in [-0.3, -0.25) is 0 Å². The lowest BCUT2D eigenvalue weighted by atomic mass is 10.1. The van der Waals surface area contributed by atoms with E-state index in [1.165, 1.54) is 6.08 Å². The molecule has 1 rings (SSSR count). The molecule has 0 saturated carbocycles. The number of rotatable bonds is 2. The summed E-state index contributed by atoms with van der Waals surface area (Å²) in [5.74, 6) is 0. The Labute approximate surface area is 83.8 Å². The highest BCUT2D eigenvalue weighted by molar-refractivity contribution is 9.10. The zero-order chi connectivity index (χ0) is 9.68. The number of nitriles is 1. The van der Waals surface area contributed by atoms with Crippen molar-refractivity contribution in [3.63, 3.8) is 0 Å². The van der Waals surface area contributed by atoms with E-state index in [-0.39, 0.29) is 6.42 Å². The van der Waals surface area contributed by atoms with Gasteiger partial charge in [-0.25, -0.2) is 4.79 Å². The summed E-state index contributed by atoms with van der Waals surface area (Å²) in [6, 6.07) is 7.31.